The van der Waals surface area contributed by atoms with E-state index in [0.29, 0.717) is 10.0 Å². The molecule has 0 atom stereocenters. The van der Waals surface area contributed by atoms with Gasteiger partial charge in [-0.2, -0.15) is 0 Å². The summed E-state index contributed by atoms with van der Waals surface area (Å²) in [5.74, 6) is -1.20. The molecule has 0 N–H and O–H groups in total. The molecule has 0 radical (unpaired) electrons. The molecule has 0 aliphatic carbocycles. The smallest absolute Gasteiger partial charge is 0.334 e. The average molecular weight is 379 g/mol. The maximum atomic E-state index is 11.9. The minimum absolute atomic E-state index is 0.0968. The Kier molecular flexibility index (Phi) is 7.04. The second-order valence-electron chi connectivity index (χ2n) is 5.26. The topological polar surface area (TPSA) is 52.6 Å². The van der Waals surface area contributed by atoms with Gasteiger partial charge >= 0.3 is 11.9 Å². The SMILES string of the molecule is CC(=CC(=O)OCc1ccc(Cl)cc1)C(=O)OCc1ccc(Cl)cc1. The van der Waals surface area contributed by atoms with Crippen LogP contribution >= 0.6 is 23.2 Å². The van der Waals surface area contributed by atoms with Crippen molar-refractivity contribution in [3.05, 3.63) is 81.4 Å². The molecule has 130 valence electrons. The fourth-order valence-electron chi connectivity index (χ4n) is 1.86. The van der Waals surface area contributed by atoms with E-state index >= 15 is 0 Å². The molecule has 2 aromatic carbocycles. The molecule has 0 heterocycles. The lowest BCUT2D eigenvalue weighted by atomic mass is 10.2. The van der Waals surface area contributed by atoms with Gasteiger partial charge in [-0.05, 0) is 42.3 Å². The average Bonchev–Trinajstić information content (AvgIpc) is 2.60. The highest BCUT2D eigenvalue weighted by molar-refractivity contribution is 6.30. The van der Waals surface area contributed by atoms with Crippen LogP contribution in [0.5, 0.6) is 0 Å². The zero-order chi connectivity index (χ0) is 18.2. The lowest BCUT2D eigenvalue weighted by Gasteiger charge is -2.06. The van der Waals surface area contributed by atoms with E-state index in [1.165, 1.54) is 6.92 Å². The van der Waals surface area contributed by atoms with Crippen molar-refractivity contribution in [1.29, 1.82) is 0 Å². The van der Waals surface area contributed by atoms with Crippen LogP contribution in [0.3, 0.4) is 0 Å². The van der Waals surface area contributed by atoms with E-state index < -0.39 is 11.9 Å². The number of ether oxygens (including phenoxy) is 2. The van der Waals surface area contributed by atoms with Gasteiger partial charge in [0, 0.05) is 21.7 Å². The maximum absolute atomic E-state index is 11.9. The first kappa shape index (κ1) is 19.0. The van der Waals surface area contributed by atoms with E-state index in [0.717, 1.165) is 17.2 Å². The van der Waals surface area contributed by atoms with Gasteiger partial charge in [0.05, 0.1) is 0 Å². The molecule has 0 saturated heterocycles. The van der Waals surface area contributed by atoms with Gasteiger partial charge in [0.25, 0.3) is 0 Å². The van der Waals surface area contributed by atoms with Crippen LogP contribution in [0, 0.1) is 0 Å². The minimum Gasteiger partial charge on any atom is -0.458 e. The summed E-state index contributed by atoms with van der Waals surface area (Å²) in [6.45, 7) is 1.69. The molecular weight excluding hydrogens is 363 g/mol. The van der Waals surface area contributed by atoms with Crippen LogP contribution < -0.4 is 0 Å². The zero-order valence-corrected chi connectivity index (χ0v) is 15.0. The summed E-state index contributed by atoms with van der Waals surface area (Å²) in [6.07, 6.45) is 1.11. The summed E-state index contributed by atoms with van der Waals surface area (Å²) in [5.41, 5.74) is 1.76. The Labute approximate surface area is 156 Å². The Morgan fingerprint density at radius 3 is 1.76 bits per heavy atom. The Hall–Kier alpha value is -2.30. The molecule has 2 rings (SSSR count). The number of esters is 2. The van der Waals surface area contributed by atoms with Gasteiger partial charge in [-0.1, -0.05) is 47.5 Å². The Morgan fingerprint density at radius 1 is 0.840 bits per heavy atom. The molecule has 6 heteroatoms. The monoisotopic (exact) mass is 378 g/mol. The third-order valence-electron chi connectivity index (χ3n) is 3.23. The van der Waals surface area contributed by atoms with Gasteiger partial charge in [0.2, 0.25) is 0 Å². The molecule has 0 amide bonds. The van der Waals surface area contributed by atoms with Crippen LogP contribution in [-0.4, -0.2) is 11.9 Å². The second kappa shape index (κ2) is 9.25. The summed E-state index contributed by atoms with van der Waals surface area (Å²) >= 11 is 11.6. The number of halogens is 2. The van der Waals surface area contributed by atoms with Gasteiger partial charge in [0.15, 0.2) is 0 Å². The maximum Gasteiger partial charge on any atom is 0.334 e. The number of rotatable bonds is 6. The van der Waals surface area contributed by atoms with Crippen molar-refractivity contribution in [2.24, 2.45) is 0 Å². The van der Waals surface area contributed by atoms with Crippen LogP contribution in [0.25, 0.3) is 0 Å². The Bertz CT molecular complexity index is 765. The predicted octanol–water partition coefficient (Wildman–Crippen LogP) is 4.73. The third-order valence-corrected chi connectivity index (χ3v) is 3.74. The summed E-state index contributed by atoms with van der Waals surface area (Å²) in [6, 6.07) is 13.9. The number of carbonyl (C=O) groups excluding carboxylic acids is 2. The molecular formula is C19H16Cl2O4. The van der Waals surface area contributed by atoms with Gasteiger partial charge in [-0.15, -0.1) is 0 Å². The van der Waals surface area contributed by atoms with Crippen molar-refractivity contribution in [3.63, 3.8) is 0 Å². The third kappa shape index (κ3) is 6.61. The number of benzene rings is 2. The van der Waals surface area contributed by atoms with E-state index in [4.69, 9.17) is 32.7 Å². The number of hydrogen-bond donors (Lipinski definition) is 0. The number of carbonyl (C=O) groups is 2. The van der Waals surface area contributed by atoms with Crippen molar-refractivity contribution in [2.45, 2.75) is 20.1 Å². The van der Waals surface area contributed by atoms with Crippen LogP contribution in [0.1, 0.15) is 18.1 Å². The second-order valence-corrected chi connectivity index (χ2v) is 6.14. The van der Waals surface area contributed by atoms with Crippen LogP contribution in [0.2, 0.25) is 10.0 Å². The molecule has 25 heavy (non-hydrogen) atoms. The van der Waals surface area contributed by atoms with Crippen molar-refractivity contribution in [2.75, 3.05) is 0 Å². The summed E-state index contributed by atoms with van der Waals surface area (Å²) in [5, 5.41) is 1.21. The Morgan fingerprint density at radius 2 is 1.28 bits per heavy atom. The van der Waals surface area contributed by atoms with E-state index in [1.54, 1.807) is 48.5 Å². The van der Waals surface area contributed by atoms with Crippen molar-refractivity contribution in [1.82, 2.24) is 0 Å². The van der Waals surface area contributed by atoms with Gasteiger partial charge in [-0.25, -0.2) is 9.59 Å². The Balaban J connectivity index is 1.81. The first-order valence-corrected chi connectivity index (χ1v) is 8.20. The van der Waals surface area contributed by atoms with Gasteiger partial charge in [0.1, 0.15) is 13.2 Å². The molecule has 0 aliphatic rings. The fraction of sp³-hybridized carbons (Fsp3) is 0.158. The predicted molar refractivity (Wildman–Crippen MR) is 96.3 cm³/mol. The van der Waals surface area contributed by atoms with Crippen molar-refractivity contribution < 1.29 is 19.1 Å². The normalized spacial score (nSPS) is 11.1. The van der Waals surface area contributed by atoms with Crippen LogP contribution in [0.4, 0.5) is 0 Å². The minimum atomic E-state index is -0.615. The first-order chi connectivity index (χ1) is 11.9. The molecule has 0 aromatic heterocycles. The van der Waals surface area contributed by atoms with E-state index in [2.05, 4.69) is 0 Å². The molecule has 2 aromatic rings. The summed E-state index contributed by atoms with van der Waals surface area (Å²) in [4.78, 5) is 23.7. The molecule has 0 aliphatic heterocycles. The molecule has 0 bridgehead atoms. The summed E-state index contributed by atoms with van der Waals surface area (Å²) < 4.78 is 10.2. The first-order valence-electron chi connectivity index (χ1n) is 7.45. The molecule has 0 saturated carbocycles. The molecule has 0 spiro atoms. The van der Waals surface area contributed by atoms with E-state index in [-0.39, 0.29) is 18.8 Å². The quantitative estimate of drug-likeness (QED) is 0.538. The highest BCUT2D eigenvalue weighted by Crippen LogP contribution is 2.12. The highest BCUT2D eigenvalue weighted by Gasteiger charge is 2.09. The summed E-state index contributed by atoms with van der Waals surface area (Å²) in [7, 11) is 0. The van der Waals surface area contributed by atoms with Crippen molar-refractivity contribution >= 4 is 35.1 Å². The van der Waals surface area contributed by atoms with Crippen LogP contribution in [0.15, 0.2) is 60.2 Å². The van der Waals surface area contributed by atoms with E-state index in [1.807, 2.05) is 0 Å². The fourth-order valence-corrected chi connectivity index (χ4v) is 2.11. The zero-order valence-electron chi connectivity index (χ0n) is 13.5. The standard InChI is InChI=1S/C19H16Cl2O4/c1-13(19(23)25-12-15-4-8-17(21)9-5-15)10-18(22)24-11-14-2-6-16(20)7-3-14/h2-10H,11-12H2,1H3. The molecule has 4 nitrogen and oxygen atoms in total. The lowest BCUT2D eigenvalue weighted by Crippen LogP contribution is -2.09. The van der Waals surface area contributed by atoms with Gasteiger partial charge < -0.3 is 9.47 Å². The number of hydrogen-bond acceptors (Lipinski definition) is 4. The van der Waals surface area contributed by atoms with Crippen molar-refractivity contribution in [3.8, 4) is 0 Å². The van der Waals surface area contributed by atoms with Gasteiger partial charge in [-0.3, -0.25) is 0 Å². The largest absolute Gasteiger partial charge is 0.458 e. The lowest BCUT2D eigenvalue weighted by molar-refractivity contribution is -0.142. The molecule has 0 fully saturated rings. The van der Waals surface area contributed by atoms with E-state index in [9.17, 15) is 9.59 Å². The highest BCUT2D eigenvalue weighted by atomic mass is 35.5. The molecule has 0 unspecified atom stereocenters. The van der Waals surface area contributed by atoms with Crippen LogP contribution in [-0.2, 0) is 32.3 Å².